The highest BCUT2D eigenvalue weighted by atomic mass is 16.5. The van der Waals surface area contributed by atoms with E-state index in [1.165, 1.54) is 38.0 Å². The van der Waals surface area contributed by atoms with Crippen LogP contribution < -0.4 is 4.90 Å². The zero-order valence-corrected chi connectivity index (χ0v) is 12.5. The molecule has 0 aliphatic carbocycles. The number of ether oxygens (including phenoxy) is 1. The number of piperidine rings is 1. The molecule has 1 aromatic carbocycles. The molecule has 2 saturated heterocycles. The molecule has 0 bridgehead atoms. The molecule has 1 aromatic rings. The molecule has 2 fully saturated rings. The van der Waals surface area contributed by atoms with Gasteiger partial charge in [-0.2, -0.15) is 0 Å². The Labute approximate surface area is 122 Å². The second-order valence-electron chi connectivity index (χ2n) is 6.25. The van der Waals surface area contributed by atoms with Crippen LogP contribution >= 0.6 is 0 Å². The predicted molar refractivity (Wildman–Crippen MR) is 83.2 cm³/mol. The smallest absolute Gasteiger partial charge is 0.0507 e. The summed E-state index contributed by atoms with van der Waals surface area (Å²) in [7, 11) is 2.29. The van der Waals surface area contributed by atoms with Gasteiger partial charge in [0, 0.05) is 38.0 Å². The number of para-hydroxylation sites is 1. The number of nitrogens with zero attached hydrogens (tertiary/aromatic N) is 2. The van der Waals surface area contributed by atoms with Gasteiger partial charge in [-0.3, -0.25) is 0 Å². The Hall–Kier alpha value is -1.06. The maximum atomic E-state index is 5.50. The average Bonchev–Trinajstić information content (AvgIpc) is 3.01. The van der Waals surface area contributed by atoms with Gasteiger partial charge in [0.15, 0.2) is 0 Å². The van der Waals surface area contributed by atoms with Gasteiger partial charge in [0.2, 0.25) is 0 Å². The minimum Gasteiger partial charge on any atom is -0.381 e. The molecule has 0 spiro atoms. The summed E-state index contributed by atoms with van der Waals surface area (Å²) in [5.41, 5.74) is 1.37. The molecule has 0 unspecified atom stereocenters. The summed E-state index contributed by atoms with van der Waals surface area (Å²) in [4.78, 5) is 5.10. The van der Waals surface area contributed by atoms with Crippen LogP contribution in [0.1, 0.15) is 19.3 Å². The third kappa shape index (κ3) is 3.33. The molecule has 20 heavy (non-hydrogen) atoms. The highest BCUT2D eigenvalue weighted by molar-refractivity contribution is 5.46. The standard InChI is InChI=1S/C17H26N2O/c1-18(12-15-9-11-20-14-15)17-8-5-10-19(13-17)16-6-3-2-4-7-16/h2-4,6-7,15,17H,5,8-14H2,1H3/t15-,17-/m0/s1. The summed E-state index contributed by atoms with van der Waals surface area (Å²) in [6.45, 7) is 5.46. The molecular formula is C17H26N2O. The first kappa shape index (κ1) is 13.9. The monoisotopic (exact) mass is 274 g/mol. The minimum atomic E-state index is 0.685. The summed E-state index contributed by atoms with van der Waals surface area (Å²) in [5.74, 6) is 0.743. The van der Waals surface area contributed by atoms with Crippen LogP contribution in [0.3, 0.4) is 0 Å². The number of anilines is 1. The van der Waals surface area contributed by atoms with Gasteiger partial charge < -0.3 is 14.5 Å². The van der Waals surface area contributed by atoms with Gasteiger partial charge >= 0.3 is 0 Å². The van der Waals surface area contributed by atoms with Crippen molar-refractivity contribution in [1.82, 2.24) is 4.90 Å². The van der Waals surface area contributed by atoms with Gasteiger partial charge in [0.05, 0.1) is 6.61 Å². The number of hydrogen-bond acceptors (Lipinski definition) is 3. The summed E-state index contributed by atoms with van der Waals surface area (Å²) in [5, 5.41) is 0. The van der Waals surface area contributed by atoms with Crippen LogP contribution in [0.2, 0.25) is 0 Å². The number of likely N-dealkylation sites (N-methyl/N-ethyl adjacent to an activating group) is 1. The topological polar surface area (TPSA) is 15.7 Å². The van der Waals surface area contributed by atoms with Crippen LogP contribution in [0.15, 0.2) is 30.3 Å². The quantitative estimate of drug-likeness (QED) is 0.839. The molecule has 0 aromatic heterocycles. The third-order valence-electron chi connectivity index (χ3n) is 4.71. The molecule has 0 amide bonds. The fraction of sp³-hybridized carbons (Fsp3) is 0.647. The van der Waals surface area contributed by atoms with E-state index in [0.717, 1.165) is 25.7 Å². The molecular weight excluding hydrogens is 248 g/mol. The average molecular weight is 274 g/mol. The minimum absolute atomic E-state index is 0.685. The van der Waals surface area contributed by atoms with Crippen molar-refractivity contribution < 1.29 is 4.74 Å². The lowest BCUT2D eigenvalue weighted by molar-refractivity contribution is 0.153. The summed E-state index contributed by atoms with van der Waals surface area (Å²) >= 11 is 0. The van der Waals surface area contributed by atoms with Crippen LogP contribution in [0.4, 0.5) is 5.69 Å². The zero-order chi connectivity index (χ0) is 13.8. The Morgan fingerprint density at radius 3 is 2.85 bits per heavy atom. The molecule has 3 rings (SSSR count). The Morgan fingerprint density at radius 2 is 2.10 bits per heavy atom. The molecule has 2 aliphatic heterocycles. The molecule has 3 nitrogen and oxygen atoms in total. The largest absolute Gasteiger partial charge is 0.381 e. The maximum Gasteiger partial charge on any atom is 0.0507 e. The van der Waals surface area contributed by atoms with Crippen LogP contribution in [-0.4, -0.2) is 50.8 Å². The molecule has 0 radical (unpaired) electrons. The van der Waals surface area contributed by atoms with Gasteiger partial charge in [0.1, 0.15) is 0 Å². The van der Waals surface area contributed by atoms with E-state index in [1.54, 1.807) is 0 Å². The second kappa shape index (κ2) is 6.59. The normalized spacial score (nSPS) is 27.2. The Morgan fingerprint density at radius 1 is 1.25 bits per heavy atom. The lowest BCUT2D eigenvalue weighted by atomic mass is 10.0. The molecule has 2 atom stereocenters. The molecule has 3 heteroatoms. The first-order chi connectivity index (χ1) is 9.83. The Bertz CT molecular complexity index is 403. The second-order valence-corrected chi connectivity index (χ2v) is 6.25. The van der Waals surface area contributed by atoms with Crippen LogP contribution in [0.5, 0.6) is 0 Å². The lowest BCUT2D eigenvalue weighted by Gasteiger charge is -2.39. The van der Waals surface area contributed by atoms with Crippen molar-refractivity contribution in [3.05, 3.63) is 30.3 Å². The van der Waals surface area contributed by atoms with E-state index >= 15 is 0 Å². The lowest BCUT2D eigenvalue weighted by Crippen LogP contribution is -2.47. The highest BCUT2D eigenvalue weighted by Crippen LogP contribution is 2.23. The third-order valence-corrected chi connectivity index (χ3v) is 4.71. The van der Waals surface area contributed by atoms with Gasteiger partial charge in [-0.1, -0.05) is 18.2 Å². The fourth-order valence-corrected chi connectivity index (χ4v) is 3.47. The maximum absolute atomic E-state index is 5.50. The molecule has 0 N–H and O–H groups in total. The molecule has 110 valence electrons. The van der Waals surface area contributed by atoms with Crippen LogP contribution in [0, 0.1) is 5.92 Å². The Balaban J connectivity index is 1.57. The van der Waals surface area contributed by atoms with Crippen molar-refractivity contribution in [3.63, 3.8) is 0 Å². The predicted octanol–water partition coefficient (Wildman–Crippen LogP) is 2.62. The SMILES string of the molecule is CN(C[C@@H]1CCOC1)[C@H]1CCCN(c2ccccc2)C1. The van der Waals surface area contributed by atoms with Gasteiger partial charge in [-0.25, -0.2) is 0 Å². The fourth-order valence-electron chi connectivity index (χ4n) is 3.47. The highest BCUT2D eigenvalue weighted by Gasteiger charge is 2.26. The van der Waals surface area contributed by atoms with Gasteiger partial charge in [-0.15, -0.1) is 0 Å². The van der Waals surface area contributed by atoms with Crippen LogP contribution in [0.25, 0.3) is 0 Å². The molecule has 2 aliphatic rings. The van der Waals surface area contributed by atoms with Crippen LogP contribution in [-0.2, 0) is 4.74 Å². The van der Waals surface area contributed by atoms with Crippen molar-refractivity contribution >= 4 is 5.69 Å². The summed E-state index contributed by atoms with van der Waals surface area (Å²) in [6.07, 6.45) is 3.86. The van der Waals surface area contributed by atoms with E-state index < -0.39 is 0 Å². The summed E-state index contributed by atoms with van der Waals surface area (Å²) in [6, 6.07) is 11.5. The van der Waals surface area contributed by atoms with E-state index in [2.05, 4.69) is 47.2 Å². The van der Waals surface area contributed by atoms with E-state index in [0.29, 0.717) is 6.04 Å². The van der Waals surface area contributed by atoms with Crippen molar-refractivity contribution in [2.45, 2.75) is 25.3 Å². The Kier molecular flexibility index (Phi) is 4.58. The van der Waals surface area contributed by atoms with Gasteiger partial charge in [-0.05, 0) is 44.4 Å². The molecule has 0 saturated carbocycles. The number of hydrogen-bond donors (Lipinski definition) is 0. The van der Waals surface area contributed by atoms with E-state index in [1.807, 2.05) is 0 Å². The van der Waals surface area contributed by atoms with E-state index in [-0.39, 0.29) is 0 Å². The first-order valence-electron chi connectivity index (χ1n) is 7.91. The number of benzene rings is 1. The van der Waals surface area contributed by atoms with E-state index in [4.69, 9.17) is 4.74 Å². The molecule has 2 heterocycles. The van der Waals surface area contributed by atoms with Crippen molar-refractivity contribution in [3.8, 4) is 0 Å². The van der Waals surface area contributed by atoms with Gasteiger partial charge in [0.25, 0.3) is 0 Å². The zero-order valence-electron chi connectivity index (χ0n) is 12.5. The van der Waals surface area contributed by atoms with Crippen molar-refractivity contribution in [2.75, 3.05) is 44.8 Å². The first-order valence-corrected chi connectivity index (χ1v) is 7.91. The van der Waals surface area contributed by atoms with Crippen molar-refractivity contribution in [1.29, 1.82) is 0 Å². The van der Waals surface area contributed by atoms with Crippen molar-refractivity contribution in [2.24, 2.45) is 5.92 Å². The number of rotatable bonds is 4. The van der Waals surface area contributed by atoms with E-state index in [9.17, 15) is 0 Å². The summed E-state index contributed by atoms with van der Waals surface area (Å²) < 4.78 is 5.50.